The minimum Gasteiger partial charge on any atom is -0.399 e. The molecule has 0 aromatic heterocycles. The summed E-state index contributed by atoms with van der Waals surface area (Å²) in [6.45, 7) is 3.91. The van der Waals surface area contributed by atoms with Crippen LogP contribution in [0.25, 0.3) is 0 Å². The van der Waals surface area contributed by atoms with Gasteiger partial charge in [-0.2, -0.15) is 0 Å². The maximum atomic E-state index is 12.4. The Morgan fingerprint density at radius 3 is 2.32 bits per heavy atom. The van der Waals surface area contributed by atoms with E-state index in [2.05, 4.69) is 6.92 Å². The summed E-state index contributed by atoms with van der Waals surface area (Å²) in [4.78, 5) is 14.3. The summed E-state index contributed by atoms with van der Waals surface area (Å²) in [5.41, 5.74) is 13.2. The van der Waals surface area contributed by atoms with E-state index in [1.54, 1.807) is 18.2 Å². The summed E-state index contributed by atoms with van der Waals surface area (Å²) in [5, 5.41) is 0. The van der Waals surface area contributed by atoms with Crippen molar-refractivity contribution in [3.05, 3.63) is 23.8 Å². The average molecular weight is 261 g/mol. The number of benzene rings is 1. The third-order valence-electron chi connectivity index (χ3n) is 3.82. The fourth-order valence-corrected chi connectivity index (χ4v) is 2.82. The Morgan fingerprint density at radius 1 is 1.21 bits per heavy atom. The average Bonchev–Trinajstić information content (AvgIpc) is 2.38. The normalized spacial score (nSPS) is 16.6. The van der Waals surface area contributed by atoms with Crippen molar-refractivity contribution in [2.24, 2.45) is 5.92 Å². The van der Waals surface area contributed by atoms with Gasteiger partial charge in [0.15, 0.2) is 0 Å². The highest BCUT2D eigenvalue weighted by Crippen LogP contribution is 2.23. The van der Waals surface area contributed by atoms with Gasteiger partial charge >= 0.3 is 0 Å². The third kappa shape index (κ3) is 3.40. The van der Waals surface area contributed by atoms with Crippen LogP contribution >= 0.6 is 0 Å². The van der Waals surface area contributed by atoms with E-state index in [4.69, 9.17) is 11.5 Å². The fraction of sp³-hybridized carbons (Fsp3) is 0.533. The van der Waals surface area contributed by atoms with Crippen LogP contribution in [0.3, 0.4) is 0 Å². The summed E-state index contributed by atoms with van der Waals surface area (Å²) >= 11 is 0. The molecule has 1 aromatic rings. The van der Waals surface area contributed by atoms with E-state index in [0.29, 0.717) is 16.9 Å². The Morgan fingerprint density at radius 2 is 1.79 bits per heavy atom. The number of nitrogen functional groups attached to an aromatic ring is 2. The zero-order valence-corrected chi connectivity index (χ0v) is 11.6. The second-order valence-electron chi connectivity index (χ2n) is 5.41. The number of piperidine rings is 1. The summed E-state index contributed by atoms with van der Waals surface area (Å²) in [5.74, 6) is 0.828. The van der Waals surface area contributed by atoms with Crippen molar-refractivity contribution in [1.82, 2.24) is 4.90 Å². The van der Waals surface area contributed by atoms with Crippen LogP contribution in [0.15, 0.2) is 18.2 Å². The molecule has 104 valence electrons. The Bertz CT molecular complexity index is 430. The molecule has 1 aliphatic heterocycles. The van der Waals surface area contributed by atoms with Crippen LogP contribution in [-0.2, 0) is 0 Å². The van der Waals surface area contributed by atoms with Crippen LogP contribution in [0.2, 0.25) is 0 Å². The zero-order chi connectivity index (χ0) is 13.8. The van der Waals surface area contributed by atoms with Crippen LogP contribution in [0.4, 0.5) is 11.4 Å². The van der Waals surface area contributed by atoms with Crippen molar-refractivity contribution in [2.45, 2.75) is 32.6 Å². The lowest BCUT2D eigenvalue weighted by atomic mass is 9.92. The van der Waals surface area contributed by atoms with E-state index in [1.807, 2.05) is 4.90 Å². The molecule has 2 rings (SSSR count). The van der Waals surface area contributed by atoms with Crippen LogP contribution in [-0.4, -0.2) is 23.9 Å². The number of hydrogen-bond acceptors (Lipinski definition) is 3. The molecule has 0 atom stereocenters. The smallest absolute Gasteiger partial charge is 0.254 e. The van der Waals surface area contributed by atoms with Gasteiger partial charge in [-0.3, -0.25) is 4.79 Å². The SMILES string of the molecule is CCCC1CCN(C(=O)c2cc(N)cc(N)c2)CC1. The quantitative estimate of drug-likeness (QED) is 0.821. The minimum absolute atomic E-state index is 0.0500. The van der Waals surface area contributed by atoms with E-state index in [-0.39, 0.29) is 5.91 Å². The Labute approximate surface area is 114 Å². The number of carbonyl (C=O) groups is 1. The van der Waals surface area contributed by atoms with Gasteiger partial charge in [-0.05, 0) is 37.0 Å². The Hall–Kier alpha value is -1.71. The Balaban J connectivity index is 2.01. The molecule has 0 unspecified atom stereocenters. The summed E-state index contributed by atoms with van der Waals surface area (Å²) in [6, 6.07) is 5.08. The van der Waals surface area contributed by atoms with Crippen molar-refractivity contribution in [3.63, 3.8) is 0 Å². The van der Waals surface area contributed by atoms with Crippen molar-refractivity contribution in [1.29, 1.82) is 0 Å². The lowest BCUT2D eigenvalue weighted by Crippen LogP contribution is -2.38. The largest absolute Gasteiger partial charge is 0.399 e. The first-order valence-corrected chi connectivity index (χ1v) is 7.05. The predicted molar refractivity (Wildman–Crippen MR) is 78.8 cm³/mol. The van der Waals surface area contributed by atoms with Crippen molar-refractivity contribution in [3.8, 4) is 0 Å². The van der Waals surface area contributed by atoms with Gasteiger partial charge in [-0.25, -0.2) is 0 Å². The second-order valence-corrected chi connectivity index (χ2v) is 5.41. The number of nitrogens with two attached hydrogens (primary N) is 2. The number of rotatable bonds is 3. The molecule has 4 N–H and O–H groups in total. The van der Waals surface area contributed by atoms with Crippen molar-refractivity contribution < 1.29 is 4.79 Å². The zero-order valence-electron chi connectivity index (χ0n) is 11.6. The molecule has 0 saturated carbocycles. The molecule has 4 nitrogen and oxygen atoms in total. The highest BCUT2D eigenvalue weighted by atomic mass is 16.2. The molecule has 4 heteroatoms. The van der Waals surface area contributed by atoms with Crippen LogP contribution in [0, 0.1) is 5.92 Å². The lowest BCUT2D eigenvalue weighted by molar-refractivity contribution is 0.0686. The van der Waals surface area contributed by atoms with Gasteiger partial charge in [-0.15, -0.1) is 0 Å². The number of amides is 1. The van der Waals surface area contributed by atoms with Crippen LogP contribution in [0.5, 0.6) is 0 Å². The topological polar surface area (TPSA) is 72.3 Å². The van der Waals surface area contributed by atoms with Gasteiger partial charge < -0.3 is 16.4 Å². The second kappa shape index (κ2) is 5.95. The maximum absolute atomic E-state index is 12.4. The lowest BCUT2D eigenvalue weighted by Gasteiger charge is -2.32. The minimum atomic E-state index is 0.0500. The van der Waals surface area contributed by atoms with Gasteiger partial charge in [-0.1, -0.05) is 19.8 Å². The number of anilines is 2. The highest BCUT2D eigenvalue weighted by Gasteiger charge is 2.23. The van der Waals surface area contributed by atoms with E-state index in [9.17, 15) is 4.79 Å². The van der Waals surface area contributed by atoms with Gasteiger partial charge in [0.1, 0.15) is 0 Å². The number of nitrogens with zero attached hydrogens (tertiary/aromatic N) is 1. The van der Waals surface area contributed by atoms with Gasteiger partial charge in [0.25, 0.3) is 5.91 Å². The molecular formula is C15H23N3O. The van der Waals surface area contributed by atoms with E-state index >= 15 is 0 Å². The first-order chi connectivity index (χ1) is 9.10. The molecule has 1 aliphatic rings. The predicted octanol–water partition coefficient (Wildman–Crippen LogP) is 2.50. The fourth-order valence-electron chi connectivity index (χ4n) is 2.82. The molecule has 1 fully saturated rings. The summed E-state index contributed by atoms with van der Waals surface area (Å²) in [7, 11) is 0. The van der Waals surface area contributed by atoms with Crippen molar-refractivity contribution in [2.75, 3.05) is 24.6 Å². The van der Waals surface area contributed by atoms with Crippen LogP contribution in [0.1, 0.15) is 43.0 Å². The first kappa shape index (κ1) is 13.7. The molecule has 1 amide bonds. The van der Waals surface area contributed by atoms with E-state index in [1.165, 1.54) is 12.8 Å². The van der Waals surface area contributed by atoms with Gasteiger partial charge in [0, 0.05) is 30.0 Å². The monoisotopic (exact) mass is 261 g/mol. The molecule has 1 aromatic carbocycles. The molecule has 1 heterocycles. The van der Waals surface area contributed by atoms with Gasteiger partial charge in [0.05, 0.1) is 0 Å². The van der Waals surface area contributed by atoms with Crippen molar-refractivity contribution >= 4 is 17.3 Å². The number of hydrogen-bond donors (Lipinski definition) is 2. The molecule has 1 saturated heterocycles. The number of carbonyl (C=O) groups excluding carboxylic acids is 1. The summed E-state index contributed by atoms with van der Waals surface area (Å²) in [6.07, 6.45) is 4.71. The van der Waals surface area contributed by atoms with E-state index < -0.39 is 0 Å². The van der Waals surface area contributed by atoms with Crippen LogP contribution < -0.4 is 11.5 Å². The molecule has 0 bridgehead atoms. The third-order valence-corrected chi connectivity index (χ3v) is 3.82. The summed E-state index contributed by atoms with van der Waals surface area (Å²) < 4.78 is 0. The molecule has 0 aliphatic carbocycles. The highest BCUT2D eigenvalue weighted by molar-refractivity contribution is 5.96. The van der Waals surface area contributed by atoms with E-state index in [0.717, 1.165) is 31.8 Å². The Kier molecular flexibility index (Phi) is 4.30. The molecule has 0 spiro atoms. The first-order valence-electron chi connectivity index (χ1n) is 7.05. The van der Waals surface area contributed by atoms with Gasteiger partial charge in [0.2, 0.25) is 0 Å². The standard InChI is InChI=1S/C15H23N3O/c1-2-3-11-4-6-18(7-5-11)15(19)12-8-13(16)10-14(17)9-12/h8-11H,2-7,16-17H2,1H3. The molecule has 19 heavy (non-hydrogen) atoms. The number of likely N-dealkylation sites (tertiary alicyclic amines) is 1. The molecular weight excluding hydrogens is 238 g/mol. The molecule has 0 radical (unpaired) electrons. The maximum Gasteiger partial charge on any atom is 0.254 e.